The van der Waals surface area contributed by atoms with Gasteiger partial charge in [0, 0.05) is 30.8 Å². The highest BCUT2D eigenvalue weighted by Gasteiger charge is 2.18. The van der Waals surface area contributed by atoms with Crippen molar-refractivity contribution in [3.63, 3.8) is 0 Å². The fourth-order valence-corrected chi connectivity index (χ4v) is 2.23. The third-order valence-electron chi connectivity index (χ3n) is 3.04. The Balaban J connectivity index is 2.57. The van der Waals surface area contributed by atoms with Crippen LogP contribution in [0.3, 0.4) is 0 Å². The van der Waals surface area contributed by atoms with E-state index in [-0.39, 0.29) is 11.2 Å². The van der Waals surface area contributed by atoms with Crippen LogP contribution in [0, 0.1) is 5.41 Å². The normalized spacial score (nSPS) is 11.7. The second kappa shape index (κ2) is 6.71. The number of carbonyl (C=O) groups is 1. The molecule has 1 rings (SSSR count). The molecule has 0 amide bonds. The smallest absolute Gasteiger partial charge is 0.162 e. The number of hydrogen-bond donors (Lipinski definition) is 1. The van der Waals surface area contributed by atoms with Crippen LogP contribution in [0.15, 0.2) is 24.3 Å². The van der Waals surface area contributed by atoms with Gasteiger partial charge in [-0.1, -0.05) is 20.8 Å². The summed E-state index contributed by atoms with van der Waals surface area (Å²) in [6, 6.07) is 7.75. The van der Waals surface area contributed by atoms with Crippen LogP contribution in [-0.2, 0) is 0 Å². The number of rotatable bonds is 7. The zero-order chi connectivity index (χ0) is 14.5. The lowest BCUT2D eigenvalue weighted by atomic mass is 9.93. The van der Waals surface area contributed by atoms with Gasteiger partial charge in [0.05, 0.1) is 0 Å². The molecule has 19 heavy (non-hydrogen) atoms. The highest BCUT2D eigenvalue weighted by molar-refractivity contribution is 5.96. The van der Waals surface area contributed by atoms with Gasteiger partial charge in [-0.3, -0.25) is 4.79 Å². The van der Waals surface area contributed by atoms with E-state index in [1.807, 2.05) is 31.2 Å². The monoisotopic (exact) mass is 262 g/mol. The molecule has 0 bridgehead atoms. The summed E-state index contributed by atoms with van der Waals surface area (Å²) in [6.07, 6.45) is 0.558. The summed E-state index contributed by atoms with van der Waals surface area (Å²) >= 11 is 0. The first-order chi connectivity index (χ1) is 8.84. The Morgan fingerprint density at radius 2 is 1.79 bits per heavy atom. The zero-order valence-corrected chi connectivity index (χ0v) is 12.8. The lowest BCUT2D eigenvalue weighted by Gasteiger charge is -2.28. The van der Waals surface area contributed by atoms with E-state index in [0.29, 0.717) is 6.42 Å². The average Bonchev–Trinajstić information content (AvgIpc) is 2.34. The number of nitrogens with one attached hydrogen (secondary N) is 1. The molecule has 0 saturated carbocycles. The first-order valence-electron chi connectivity index (χ1n) is 6.86. The number of benzene rings is 1. The number of Topliss-reactive ketones (excluding diaryl/α,β-unsaturated/α-hetero) is 1. The summed E-state index contributed by atoms with van der Waals surface area (Å²) in [5.74, 6) is 0.194. The summed E-state index contributed by atoms with van der Waals surface area (Å²) in [5, 5.41) is 3.44. The molecule has 1 aromatic rings. The molecule has 0 aliphatic heterocycles. The number of nitrogens with zero attached hydrogens (tertiary/aromatic N) is 1. The molecule has 0 fully saturated rings. The fraction of sp³-hybridized carbons (Fsp3) is 0.562. The van der Waals surface area contributed by atoms with Gasteiger partial charge >= 0.3 is 0 Å². The molecule has 0 unspecified atom stereocenters. The molecule has 0 spiro atoms. The van der Waals surface area contributed by atoms with E-state index in [2.05, 4.69) is 38.2 Å². The Bertz CT molecular complexity index is 407. The van der Waals surface area contributed by atoms with Gasteiger partial charge in [-0.15, -0.1) is 0 Å². The molecule has 3 nitrogen and oxygen atoms in total. The Labute approximate surface area is 117 Å². The SMILES string of the molecule is CCC(=O)c1ccc(NCC(C)(C)CN(C)C)cc1. The highest BCUT2D eigenvalue weighted by atomic mass is 16.1. The number of carbonyl (C=O) groups excluding carboxylic acids is 1. The van der Waals surface area contributed by atoms with Crippen molar-refractivity contribution in [1.29, 1.82) is 0 Å². The van der Waals surface area contributed by atoms with E-state index >= 15 is 0 Å². The van der Waals surface area contributed by atoms with Gasteiger partial charge in [-0.2, -0.15) is 0 Å². The van der Waals surface area contributed by atoms with E-state index in [0.717, 1.165) is 24.3 Å². The van der Waals surface area contributed by atoms with Crippen molar-refractivity contribution >= 4 is 11.5 Å². The molecular formula is C16H26N2O. The van der Waals surface area contributed by atoms with Crippen LogP contribution in [0.1, 0.15) is 37.6 Å². The Kier molecular flexibility index (Phi) is 5.55. The van der Waals surface area contributed by atoms with Crippen molar-refractivity contribution in [3.8, 4) is 0 Å². The molecule has 106 valence electrons. The maximum Gasteiger partial charge on any atom is 0.162 e. The summed E-state index contributed by atoms with van der Waals surface area (Å²) < 4.78 is 0. The summed E-state index contributed by atoms with van der Waals surface area (Å²) in [7, 11) is 4.18. The van der Waals surface area contributed by atoms with E-state index in [9.17, 15) is 4.79 Å². The van der Waals surface area contributed by atoms with Gasteiger partial charge in [0.25, 0.3) is 0 Å². The van der Waals surface area contributed by atoms with Crippen LogP contribution < -0.4 is 5.32 Å². The van der Waals surface area contributed by atoms with Gasteiger partial charge in [-0.05, 0) is 43.8 Å². The fourth-order valence-electron chi connectivity index (χ4n) is 2.23. The Morgan fingerprint density at radius 1 is 1.21 bits per heavy atom. The average molecular weight is 262 g/mol. The molecular weight excluding hydrogens is 236 g/mol. The minimum atomic E-state index is 0.194. The van der Waals surface area contributed by atoms with Crippen LogP contribution in [0.5, 0.6) is 0 Å². The molecule has 0 saturated heterocycles. The van der Waals surface area contributed by atoms with Gasteiger partial charge in [0.15, 0.2) is 5.78 Å². The Morgan fingerprint density at radius 3 is 2.26 bits per heavy atom. The second-order valence-electron chi connectivity index (χ2n) is 6.11. The first kappa shape index (κ1) is 15.7. The topological polar surface area (TPSA) is 32.3 Å². The van der Waals surface area contributed by atoms with E-state index < -0.39 is 0 Å². The van der Waals surface area contributed by atoms with Crippen molar-refractivity contribution in [1.82, 2.24) is 4.90 Å². The molecule has 0 aliphatic rings. The third kappa shape index (κ3) is 5.43. The minimum Gasteiger partial charge on any atom is -0.384 e. The van der Waals surface area contributed by atoms with E-state index in [1.165, 1.54) is 0 Å². The summed E-state index contributed by atoms with van der Waals surface area (Å²) in [4.78, 5) is 13.7. The lowest BCUT2D eigenvalue weighted by molar-refractivity contribution is 0.0988. The molecule has 1 aromatic carbocycles. The quantitative estimate of drug-likeness (QED) is 0.765. The summed E-state index contributed by atoms with van der Waals surface area (Å²) in [5.41, 5.74) is 2.07. The third-order valence-corrected chi connectivity index (χ3v) is 3.04. The summed E-state index contributed by atoms with van der Waals surface area (Å²) in [6.45, 7) is 8.32. The van der Waals surface area contributed by atoms with Crippen LogP contribution in [0.25, 0.3) is 0 Å². The van der Waals surface area contributed by atoms with Crippen LogP contribution in [0.4, 0.5) is 5.69 Å². The van der Waals surface area contributed by atoms with E-state index in [1.54, 1.807) is 0 Å². The molecule has 0 atom stereocenters. The van der Waals surface area contributed by atoms with Gasteiger partial charge in [0.1, 0.15) is 0 Å². The van der Waals surface area contributed by atoms with Crippen molar-refractivity contribution in [2.24, 2.45) is 5.41 Å². The maximum absolute atomic E-state index is 11.5. The molecule has 0 radical (unpaired) electrons. The molecule has 0 aromatic heterocycles. The van der Waals surface area contributed by atoms with Crippen LogP contribution in [-0.4, -0.2) is 37.9 Å². The highest BCUT2D eigenvalue weighted by Crippen LogP contribution is 2.18. The van der Waals surface area contributed by atoms with Crippen molar-refractivity contribution < 1.29 is 4.79 Å². The van der Waals surface area contributed by atoms with Crippen LogP contribution in [0.2, 0.25) is 0 Å². The predicted octanol–water partition coefficient (Wildman–Crippen LogP) is 3.28. The second-order valence-corrected chi connectivity index (χ2v) is 6.11. The van der Waals surface area contributed by atoms with Gasteiger partial charge in [0.2, 0.25) is 0 Å². The minimum absolute atomic E-state index is 0.194. The molecule has 0 heterocycles. The van der Waals surface area contributed by atoms with Crippen molar-refractivity contribution in [2.75, 3.05) is 32.5 Å². The number of hydrogen-bond acceptors (Lipinski definition) is 3. The standard InChI is InChI=1S/C16H26N2O/c1-6-15(19)13-7-9-14(10-8-13)17-11-16(2,3)12-18(4)5/h7-10,17H,6,11-12H2,1-5H3. The number of ketones is 1. The van der Waals surface area contributed by atoms with Crippen molar-refractivity contribution in [2.45, 2.75) is 27.2 Å². The zero-order valence-electron chi connectivity index (χ0n) is 12.8. The van der Waals surface area contributed by atoms with Gasteiger partial charge < -0.3 is 10.2 Å². The van der Waals surface area contributed by atoms with E-state index in [4.69, 9.17) is 0 Å². The Hall–Kier alpha value is -1.35. The number of anilines is 1. The first-order valence-corrected chi connectivity index (χ1v) is 6.86. The van der Waals surface area contributed by atoms with Crippen molar-refractivity contribution in [3.05, 3.63) is 29.8 Å². The lowest BCUT2D eigenvalue weighted by Crippen LogP contribution is -2.34. The predicted molar refractivity (Wildman–Crippen MR) is 81.9 cm³/mol. The maximum atomic E-state index is 11.5. The largest absolute Gasteiger partial charge is 0.384 e. The molecule has 0 aliphatic carbocycles. The van der Waals surface area contributed by atoms with Gasteiger partial charge in [-0.25, -0.2) is 0 Å². The molecule has 1 N–H and O–H groups in total. The molecule has 3 heteroatoms. The van der Waals surface area contributed by atoms with Crippen LogP contribution >= 0.6 is 0 Å².